The number of nitrogens with one attached hydrogen (secondary N) is 1. The van der Waals surface area contributed by atoms with E-state index in [1.165, 1.54) is 6.07 Å². The summed E-state index contributed by atoms with van der Waals surface area (Å²) in [5.74, 6) is 0.614. The van der Waals surface area contributed by atoms with Crippen LogP contribution >= 0.6 is 0 Å². The minimum Gasteiger partial charge on any atom is -0.368 e. The highest BCUT2D eigenvalue weighted by Crippen LogP contribution is 2.12. The van der Waals surface area contributed by atoms with Gasteiger partial charge in [0.1, 0.15) is 5.82 Å². The van der Waals surface area contributed by atoms with Crippen LogP contribution in [0.15, 0.2) is 24.3 Å². The van der Waals surface area contributed by atoms with Gasteiger partial charge in [0.15, 0.2) is 0 Å². The van der Waals surface area contributed by atoms with Crippen LogP contribution in [0.2, 0.25) is 0 Å². The van der Waals surface area contributed by atoms with E-state index in [1.807, 2.05) is 0 Å². The van der Waals surface area contributed by atoms with Gasteiger partial charge < -0.3 is 16.0 Å². The minimum absolute atomic E-state index is 0.120. The normalized spacial score (nSPS) is 10.3. The molecule has 0 fully saturated rings. The van der Waals surface area contributed by atoms with Gasteiger partial charge in [-0.25, -0.2) is 4.39 Å². The molecule has 100 valence electrons. The van der Waals surface area contributed by atoms with E-state index in [-0.39, 0.29) is 18.3 Å². The highest BCUT2D eigenvalue weighted by molar-refractivity contribution is 5.41. The summed E-state index contributed by atoms with van der Waals surface area (Å²) in [6.07, 6.45) is 0. The second kappa shape index (κ2) is 5.47. The SMILES string of the molecule is CN(C)c1nc(N)nc(NCc2ccccc2F)n1. The lowest BCUT2D eigenvalue weighted by atomic mass is 10.2. The lowest BCUT2D eigenvalue weighted by Gasteiger charge is -2.12. The Bertz CT molecular complexity index is 572. The molecular weight excluding hydrogens is 247 g/mol. The van der Waals surface area contributed by atoms with E-state index in [4.69, 9.17) is 5.73 Å². The third kappa shape index (κ3) is 3.27. The molecule has 0 unspecified atom stereocenters. The number of hydrogen-bond acceptors (Lipinski definition) is 6. The highest BCUT2D eigenvalue weighted by atomic mass is 19.1. The summed E-state index contributed by atoms with van der Waals surface area (Å²) in [6.45, 7) is 0.281. The Hall–Kier alpha value is -2.44. The molecule has 1 aromatic carbocycles. The van der Waals surface area contributed by atoms with Crippen molar-refractivity contribution < 1.29 is 4.39 Å². The van der Waals surface area contributed by atoms with Crippen LogP contribution < -0.4 is 16.0 Å². The lowest BCUT2D eigenvalue weighted by Crippen LogP contribution is -2.16. The summed E-state index contributed by atoms with van der Waals surface area (Å²) in [5.41, 5.74) is 6.13. The molecule has 2 rings (SSSR count). The van der Waals surface area contributed by atoms with E-state index in [9.17, 15) is 4.39 Å². The first kappa shape index (κ1) is 13.0. The predicted molar refractivity (Wildman–Crippen MR) is 72.3 cm³/mol. The molecule has 0 atom stereocenters. The maximum Gasteiger partial charge on any atom is 0.231 e. The van der Waals surface area contributed by atoms with Crippen molar-refractivity contribution in [3.05, 3.63) is 35.6 Å². The van der Waals surface area contributed by atoms with Gasteiger partial charge in [-0.15, -0.1) is 0 Å². The summed E-state index contributed by atoms with van der Waals surface area (Å²) in [6, 6.07) is 6.51. The van der Waals surface area contributed by atoms with Gasteiger partial charge in [0, 0.05) is 26.2 Å². The largest absolute Gasteiger partial charge is 0.368 e. The summed E-state index contributed by atoms with van der Waals surface area (Å²) in [5, 5.41) is 2.93. The smallest absolute Gasteiger partial charge is 0.231 e. The van der Waals surface area contributed by atoms with E-state index < -0.39 is 0 Å². The molecule has 0 saturated carbocycles. The third-order valence-electron chi connectivity index (χ3n) is 2.44. The van der Waals surface area contributed by atoms with E-state index in [0.29, 0.717) is 17.5 Å². The van der Waals surface area contributed by atoms with Crippen LogP contribution in [-0.2, 0) is 6.54 Å². The summed E-state index contributed by atoms with van der Waals surface area (Å²) < 4.78 is 13.5. The number of nitrogens with two attached hydrogens (primary N) is 1. The molecule has 0 radical (unpaired) electrons. The van der Waals surface area contributed by atoms with E-state index >= 15 is 0 Å². The fraction of sp³-hybridized carbons (Fsp3) is 0.250. The van der Waals surface area contributed by atoms with Crippen molar-refractivity contribution in [2.24, 2.45) is 0 Å². The standard InChI is InChI=1S/C12H15FN6/c1-19(2)12-17-10(14)16-11(18-12)15-7-8-5-3-4-6-9(8)13/h3-6H,7H2,1-2H3,(H3,14,15,16,17,18). The zero-order valence-electron chi connectivity index (χ0n) is 10.8. The van der Waals surface area contributed by atoms with Gasteiger partial charge in [-0.05, 0) is 6.07 Å². The maximum absolute atomic E-state index is 13.5. The van der Waals surface area contributed by atoms with Crippen molar-refractivity contribution >= 4 is 17.8 Å². The number of nitrogens with zero attached hydrogens (tertiary/aromatic N) is 4. The van der Waals surface area contributed by atoms with Crippen LogP contribution in [0.3, 0.4) is 0 Å². The number of anilines is 3. The number of hydrogen-bond donors (Lipinski definition) is 2. The van der Waals surface area contributed by atoms with E-state index in [0.717, 1.165) is 0 Å². The van der Waals surface area contributed by atoms with E-state index in [2.05, 4.69) is 20.3 Å². The van der Waals surface area contributed by atoms with Gasteiger partial charge in [-0.3, -0.25) is 0 Å². The van der Waals surface area contributed by atoms with Gasteiger partial charge in [0.25, 0.3) is 0 Å². The molecule has 0 aliphatic rings. The Morgan fingerprint density at radius 2 is 1.95 bits per heavy atom. The van der Waals surface area contributed by atoms with Gasteiger partial charge in [-0.2, -0.15) is 15.0 Å². The average Bonchev–Trinajstić information content (AvgIpc) is 2.37. The Morgan fingerprint density at radius 1 is 1.21 bits per heavy atom. The molecule has 0 spiro atoms. The van der Waals surface area contributed by atoms with Crippen LogP contribution in [0.25, 0.3) is 0 Å². The van der Waals surface area contributed by atoms with Gasteiger partial charge in [0.05, 0.1) is 0 Å². The Balaban J connectivity index is 2.14. The van der Waals surface area contributed by atoms with Crippen LogP contribution in [0.1, 0.15) is 5.56 Å². The summed E-state index contributed by atoms with van der Waals surface area (Å²) >= 11 is 0. The maximum atomic E-state index is 13.5. The number of halogens is 1. The quantitative estimate of drug-likeness (QED) is 0.863. The average molecular weight is 262 g/mol. The first-order valence-corrected chi connectivity index (χ1v) is 5.72. The fourth-order valence-electron chi connectivity index (χ4n) is 1.48. The summed E-state index contributed by atoms with van der Waals surface area (Å²) in [4.78, 5) is 13.8. The lowest BCUT2D eigenvalue weighted by molar-refractivity contribution is 0.612. The molecule has 1 aromatic heterocycles. The summed E-state index contributed by atoms with van der Waals surface area (Å²) in [7, 11) is 3.60. The van der Waals surface area contributed by atoms with Crippen molar-refractivity contribution in [3.63, 3.8) is 0 Å². The van der Waals surface area contributed by atoms with E-state index in [1.54, 1.807) is 37.2 Å². The molecule has 1 heterocycles. The fourth-order valence-corrected chi connectivity index (χ4v) is 1.48. The highest BCUT2D eigenvalue weighted by Gasteiger charge is 2.07. The zero-order valence-corrected chi connectivity index (χ0v) is 10.8. The van der Waals surface area contributed by atoms with Crippen molar-refractivity contribution in [2.75, 3.05) is 30.0 Å². The molecule has 7 heteroatoms. The van der Waals surface area contributed by atoms with Crippen LogP contribution in [0, 0.1) is 5.82 Å². The topological polar surface area (TPSA) is 80.0 Å². The molecule has 6 nitrogen and oxygen atoms in total. The van der Waals surface area contributed by atoms with Crippen molar-refractivity contribution in [3.8, 4) is 0 Å². The van der Waals surface area contributed by atoms with Gasteiger partial charge >= 0.3 is 0 Å². The first-order chi connectivity index (χ1) is 9.06. The van der Waals surface area contributed by atoms with Crippen molar-refractivity contribution in [1.82, 2.24) is 15.0 Å². The minimum atomic E-state index is -0.273. The first-order valence-electron chi connectivity index (χ1n) is 5.72. The second-order valence-corrected chi connectivity index (χ2v) is 4.16. The molecule has 19 heavy (non-hydrogen) atoms. The molecule has 0 saturated heterocycles. The van der Waals surface area contributed by atoms with Crippen LogP contribution in [-0.4, -0.2) is 29.0 Å². The number of nitrogen functional groups attached to an aromatic ring is 1. The molecule has 2 aromatic rings. The Labute approximate surface area is 110 Å². The number of aromatic nitrogens is 3. The zero-order chi connectivity index (χ0) is 13.8. The second-order valence-electron chi connectivity index (χ2n) is 4.16. The van der Waals surface area contributed by atoms with Crippen molar-refractivity contribution in [2.45, 2.75) is 6.54 Å². The molecule has 0 aliphatic heterocycles. The van der Waals surface area contributed by atoms with Crippen LogP contribution in [0.4, 0.5) is 22.2 Å². The molecule has 0 amide bonds. The molecule has 0 bridgehead atoms. The molecule has 0 aliphatic carbocycles. The number of benzene rings is 1. The molecular formula is C12H15FN6. The monoisotopic (exact) mass is 262 g/mol. The third-order valence-corrected chi connectivity index (χ3v) is 2.44. The predicted octanol–water partition coefficient (Wildman–Crippen LogP) is 1.27. The van der Waals surface area contributed by atoms with Crippen molar-refractivity contribution in [1.29, 1.82) is 0 Å². The number of rotatable bonds is 4. The Kier molecular flexibility index (Phi) is 3.74. The molecule has 3 N–H and O–H groups in total. The van der Waals surface area contributed by atoms with Gasteiger partial charge in [0.2, 0.25) is 17.8 Å². The Morgan fingerprint density at radius 3 is 2.63 bits per heavy atom. The van der Waals surface area contributed by atoms with Crippen LogP contribution in [0.5, 0.6) is 0 Å². The van der Waals surface area contributed by atoms with Gasteiger partial charge in [-0.1, -0.05) is 18.2 Å².